The van der Waals surface area contributed by atoms with E-state index >= 15 is 0 Å². The number of anilines is 1. The fourth-order valence-corrected chi connectivity index (χ4v) is 1.68. The highest BCUT2D eigenvalue weighted by molar-refractivity contribution is 5.89. The Hall–Kier alpha value is -2.24. The number of carboxylic acids is 1. The van der Waals surface area contributed by atoms with E-state index in [2.05, 4.69) is 10.6 Å². The Bertz CT molecular complexity index is 454. The molecule has 1 fully saturated rings. The fraction of sp³-hybridized carbons (Fsp3) is 0.385. The largest absolute Gasteiger partial charge is 0.482 e. The maximum absolute atomic E-state index is 11.6. The lowest BCUT2D eigenvalue weighted by molar-refractivity contribution is -0.139. The molecule has 1 aliphatic carbocycles. The molecule has 6 heteroatoms. The predicted octanol–water partition coefficient (Wildman–Crippen LogP) is 1.82. The first kappa shape index (κ1) is 13.2. The van der Waals surface area contributed by atoms with E-state index in [4.69, 9.17) is 9.84 Å². The zero-order chi connectivity index (χ0) is 13.7. The number of carbonyl (C=O) groups excluding carboxylic acids is 1. The number of urea groups is 1. The minimum Gasteiger partial charge on any atom is -0.482 e. The van der Waals surface area contributed by atoms with Gasteiger partial charge in [-0.25, -0.2) is 9.59 Å². The Labute approximate surface area is 110 Å². The molecule has 0 heterocycles. The van der Waals surface area contributed by atoms with Crippen LogP contribution in [0.25, 0.3) is 0 Å². The minimum absolute atomic E-state index is 0.219. The summed E-state index contributed by atoms with van der Waals surface area (Å²) >= 11 is 0. The summed E-state index contributed by atoms with van der Waals surface area (Å²) < 4.78 is 4.99. The number of ether oxygens (including phenoxy) is 1. The summed E-state index contributed by atoms with van der Waals surface area (Å²) in [5.74, 6) is -0.575. The molecule has 0 saturated heterocycles. The topological polar surface area (TPSA) is 87.7 Å². The van der Waals surface area contributed by atoms with Crippen molar-refractivity contribution < 1.29 is 19.4 Å². The van der Waals surface area contributed by atoms with Crippen LogP contribution in [0, 0.1) is 0 Å². The number of carbonyl (C=O) groups is 2. The van der Waals surface area contributed by atoms with Crippen LogP contribution < -0.4 is 15.4 Å². The van der Waals surface area contributed by atoms with Crippen molar-refractivity contribution in [1.82, 2.24) is 5.32 Å². The van der Waals surface area contributed by atoms with Gasteiger partial charge >= 0.3 is 12.0 Å². The normalized spacial score (nSPS) is 14.3. The molecule has 6 nitrogen and oxygen atoms in total. The average Bonchev–Trinajstić information content (AvgIpc) is 2.33. The van der Waals surface area contributed by atoms with Crippen LogP contribution in [0.4, 0.5) is 10.5 Å². The van der Waals surface area contributed by atoms with Crippen molar-refractivity contribution >= 4 is 17.7 Å². The van der Waals surface area contributed by atoms with Crippen molar-refractivity contribution in [2.24, 2.45) is 0 Å². The molecule has 102 valence electrons. The summed E-state index contributed by atoms with van der Waals surface area (Å²) in [5.41, 5.74) is 0.638. The summed E-state index contributed by atoms with van der Waals surface area (Å²) in [6.45, 7) is -0.380. The molecule has 1 saturated carbocycles. The summed E-state index contributed by atoms with van der Waals surface area (Å²) in [6.07, 6.45) is 3.24. The Kier molecular flexibility index (Phi) is 4.22. The van der Waals surface area contributed by atoms with Gasteiger partial charge < -0.3 is 20.5 Å². The molecule has 0 bridgehead atoms. The first-order valence-electron chi connectivity index (χ1n) is 6.15. The molecule has 0 spiro atoms. The Morgan fingerprint density at radius 3 is 2.47 bits per heavy atom. The molecule has 3 N–H and O–H groups in total. The lowest BCUT2D eigenvalue weighted by Crippen LogP contribution is -2.41. The molecule has 0 unspecified atom stereocenters. The van der Waals surface area contributed by atoms with Gasteiger partial charge in [0.05, 0.1) is 0 Å². The van der Waals surface area contributed by atoms with Gasteiger partial charge in [0.2, 0.25) is 0 Å². The molecule has 1 aliphatic rings. The van der Waals surface area contributed by atoms with Gasteiger partial charge in [-0.2, -0.15) is 0 Å². The van der Waals surface area contributed by atoms with E-state index in [0.29, 0.717) is 11.4 Å². The van der Waals surface area contributed by atoms with Gasteiger partial charge in [-0.15, -0.1) is 0 Å². The quantitative estimate of drug-likeness (QED) is 0.757. The number of benzene rings is 1. The van der Waals surface area contributed by atoms with E-state index in [-0.39, 0.29) is 18.7 Å². The van der Waals surface area contributed by atoms with E-state index in [1.807, 2.05) is 0 Å². The van der Waals surface area contributed by atoms with Crippen LogP contribution in [-0.2, 0) is 4.79 Å². The molecule has 1 aromatic carbocycles. The molecular weight excluding hydrogens is 248 g/mol. The Morgan fingerprint density at radius 2 is 1.95 bits per heavy atom. The highest BCUT2D eigenvalue weighted by Crippen LogP contribution is 2.19. The maximum atomic E-state index is 11.6. The number of rotatable bonds is 5. The number of carboxylic acid groups (broad SMARTS) is 1. The zero-order valence-electron chi connectivity index (χ0n) is 10.4. The number of hydrogen-bond donors (Lipinski definition) is 3. The van der Waals surface area contributed by atoms with Gasteiger partial charge in [0.1, 0.15) is 5.75 Å². The Morgan fingerprint density at radius 1 is 1.26 bits per heavy atom. The van der Waals surface area contributed by atoms with Gasteiger partial charge in [-0.1, -0.05) is 0 Å². The van der Waals surface area contributed by atoms with E-state index in [1.54, 1.807) is 24.3 Å². The first-order valence-corrected chi connectivity index (χ1v) is 6.15. The average molecular weight is 264 g/mol. The highest BCUT2D eigenvalue weighted by Gasteiger charge is 2.19. The van der Waals surface area contributed by atoms with Crippen molar-refractivity contribution in [2.45, 2.75) is 25.3 Å². The highest BCUT2D eigenvalue weighted by atomic mass is 16.5. The van der Waals surface area contributed by atoms with E-state index in [9.17, 15) is 9.59 Å². The molecule has 2 rings (SSSR count). The third kappa shape index (κ3) is 4.17. The SMILES string of the molecule is O=C(O)COc1ccc(NC(=O)NC2CCC2)cc1. The van der Waals surface area contributed by atoms with Crippen LogP contribution in [0.3, 0.4) is 0 Å². The zero-order valence-corrected chi connectivity index (χ0v) is 10.4. The van der Waals surface area contributed by atoms with Crippen molar-refractivity contribution in [2.75, 3.05) is 11.9 Å². The van der Waals surface area contributed by atoms with Crippen molar-refractivity contribution in [3.05, 3.63) is 24.3 Å². The van der Waals surface area contributed by atoms with Gasteiger partial charge in [0.15, 0.2) is 6.61 Å². The van der Waals surface area contributed by atoms with Crippen LogP contribution >= 0.6 is 0 Å². The monoisotopic (exact) mass is 264 g/mol. The summed E-state index contributed by atoms with van der Waals surface area (Å²) in [5, 5.41) is 14.0. The third-order valence-corrected chi connectivity index (χ3v) is 2.91. The fourth-order valence-electron chi connectivity index (χ4n) is 1.68. The molecule has 0 aromatic heterocycles. The third-order valence-electron chi connectivity index (χ3n) is 2.91. The summed E-state index contributed by atoms with van der Waals surface area (Å²) in [6, 6.07) is 6.63. The Balaban J connectivity index is 1.80. The second-order valence-corrected chi connectivity index (χ2v) is 4.43. The molecule has 19 heavy (non-hydrogen) atoms. The standard InChI is InChI=1S/C13H16N2O4/c16-12(17)8-19-11-6-4-10(5-7-11)15-13(18)14-9-2-1-3-9/h4-7,9H,1-3,8H2,(H,16,17)(H2,14,15,18). The second-order valence-electron chi connectivity index (χ2n) is 4.43. The molecule has 1 aromatic rings. The van der Waals surface area contributed by atoms with Crippen LogP contribution in [0.1, 0.15) is 19.3 Å². The summed E-state index contributed by atoms with van der Waals surface area (Å²) in [4.78, 5) is 21.9. The molecule has 2 amide bonds. The van der Waals surface area contributed by atoms with E-state index in [0.717, 1.165) is 12.8 Å². The van der Waals surface area contributed by atoms with Crippen LogP contribution in [0.2, 0.25) is 0 Å². The van der Waals surface area contributed by atoms with Crippen molar-refractivity contribution in [1.29, 1.82) is 0 Å². The van der Waals surface area contributed by atoms with Gasteiger partial charge in [0.25, 0.3) is 0 Å². The lowest BCUT2D eigenvalue weighted by atomic mass is 9.93. The summed E-state index contributed by atoms with van der Waals surface area (Å²) in [7, 11) is 0. The molecular formula is C13H16N2O4. The number of hydrogen-bond acceptors (Lipinski definition) is 3. The van der Waals surface area contributed by atoms with Crippen molar-refractivity contribution in [3.8, 4) is 5.75 Å². The van der Waals surface area contributed by atoms with E-state index < -0.39 is 5.97 Å². The number of amides is 2. The molecule has 0 radical (unpaired) electrons. The first-order chi connectivity index (χ1) is 9.13. The predicted molar refractivity (Wildman–Crippen MR) is 69.4 cm³/mol. The molecule has 0 aliphatic heterocycles. The number of aliphatic carboxylic acids is 1. The van der Waals surface area contributed by atoms with Gasteiger partial charge in [-0.3, -0.25) is 0 Å². The van der Waals surface area contributed by atoms with Gasteiger partial charge in [-0.05, 0) is 43.5 Å². The second kappa shape index (κ2) is 6.08. The molecule has 0 atom stereocenters. The van der Waals surface area contributed by atoms with Crippen LogP contribution in [0.15, 0.2) is 24.3 Å². The van der Waals surface area contributed by atoms with Crippen LogP contribution in [-0.4, -0.2) is 29.8 Å². The minimum atomic E-state index is -1.03. The van der Waals surface area contributed by atoms with Gasteiger partial charge in [0, 0.05) is 11.7 Å². The van der Waals surface area contributed by atoms with E-state index in [1.165, 1.54) is 6.42 Å². The van der Waals surface area contributed by atoms with Crippen LogP contribution in [0.5, 0.6) is 5.75 Å². The maximum Gasteiger partial charge on any atom is 0.341 e. The smallest absolute Gasteiger partial charge is 0.341 e. The van der Waals surface area contributed by atoms with Crippen molar-refractivity contribution in [3.63, 3.8) is 0 Å². The number of nitrogens with one attached hydrogen (secondary N) is 2. The lowest BCUT2D eigenvalue weighted by Gasteiger charge is -2.26.